The van der Waals surface area contributed by atoms with E-state index in [1.54, 1.807) is 0 Å². The molecule has 0 atom stereocenters. The molecule has 0 amide bonds. The van der Waals surface area contributed by atoms with Crippen molar-refractivity contribution in [3.63, 3.8) is 0 Å². The Morgan fingerprint density at radius 1 is 1.33 bits per heavy atom. The van der Waals surface area contributed by atoms with Crippen molar-refractivity contribution >= 4 is 38.1 Å². The van der Waals surface area contributed by atoms with E-state index >= 15 is 0 Å². The van der Waals surface area contributed by atoms with Gasteiger partial charge in [0, 0.05) is 14.5 Å². The second kappa shape index (κ2) is 4.05. The van der Waals surface area contributed by atoms with E-state index in [4.69, 9.17) is 5.21 Å². The lowest BCUT2D eigenvalue weighted by Gasteiger charge is -2.03. The van der Waals surface area contributed by atoms with E-state index in [1.807, 2.05) is 19.1 Å². The highest BCUT2D eigenvalue weighted by atomic mass is 79.9. The fourth-order valence-corrected chi connectivity index (χ4v) is 1.76. The SMILES string of the molecule is Cc1c(Br)ccc(Br)c1C=NO. The lowest BCUT2D eigenvalue weighted by atomic mass is 10.1. The highest BCUT2D eigenvalue weighted by molar-refractivity contribution is 9.11. The summed E-state index contributed by atoms with van der Waals surface area (Å²) in [7, 11) is 0. The van der Waals surface area contributed by atoms with Crippen molar-refractivity contribution in [1.82, 2.24) is 0 Å². The number of hydrogen-bond donors (Lipinski definition) is 1. The molecule has 0 saturated carbocycles. The molecule has 0 aliphatic carbocycles. The summed E-state index contributed by atoms with van der Waals surface area (Å²) >= 11 is 6.75. The summed E-state index contributed by atoms with van der Waals surface area (Å²) in [5.74, 6) is 0. The van der Waals surface area contributed by atoms with Crippen LogP contribution >= 0.6 is 31.9 Å². The average Bonchev–Trinajstić information content (AvgIpc) is 2.06. The van der Waals surface area contributed by atoms with Gasteiger partial charge in [-0.05, 0) is 24.6 Å². The van der Waals surface area contributed by atoms with Crippen molar-refractivity contribution < 1.29 is 5.21 Å². The first kappa shape index (κ1) is 9.74. The molecule has 0 aliphatic rings. The van der Waals surface area contributed by atoms with Crippen molar-refractivity contribution in [2.24, 2.45) is 5.16 Å². The lowest BCUT2D eigenvalue weighted by Crippen LogP contribution is -1.89. The third-order valence-corrected chi connectivity index (χ3v) is 3.13. The van der Waals surface area contributed by atoms with Gasteiger partial charge in [0.15, 0.2) is 0 Å². The second-order valence-corrected chi connectivity index (χ2v) is 4.02. The number of benzene rings is 1. The molecule has 4 heteroatoms. The molecule has 0 radical (unpaired) electrons. The van der Waals surface area contributed by atoms with Gasteiger partial charge in [0.25, 0.3) is 0 Å². The van der Waals surface area contributed by atoms with Crippen molar-refractivity contribution in [2.45, 2.75) is 6.92 Å². The molecule has 1 rings (SSSR count). The molecule has 0 aliphatic heterocycles. The highest BCUT2D eigenvalue weighted by Crippen LogP contribution is 2.25. The fourth-order valence-electron chi connectivity index (χ4n) is 0.885. The van der Waals surface area contributed by atoms with E-state index in [1.165, 1.54) is 6.21 Å². The summed E-state index contributed by atoms with van der Waals surface area (Å²) in [5, 5.41) is 11.4. The predicted molar refractivity (Wildman–Crippen MR) is 56.0 cm³/mol. The highest BCUT2D eigenvalue weighted by Gasteiger charge is 2.03. The Balaban J connectivity index is 3.32. The van der Waals surface area contributed by atoms with Gasteiger partial charge in [-0.25, -0.2) is 0 Å². The molecule has 64 valence electrons. The van der Waals surface area contributed by atoms with Gasteiger partial charge in [0.1, 0.15) is 0 Å². The normalized spacial score (nSPS) is 10.9. The lowest BCUT2D eigenvalue weighted by molar-refractivity contribution is 0.322. The van der Waals surface area contributed by atoms with Crippen LogP contribution < -0.4 is 0 Å². The third-order valence-electron chi connectivity index (χ3n) is 1.58. The maximum Gasteiger partial charge on any atom is 0.0748 e. The van der Waals surface area contributed by atoms with Gasteiger partial charge < -0.3 is 5.21 Å². The van der Waals surface area contributed by atoms with Gasteiger partial charge in [-0.1, -0.05) is 37.0 Å². The average molecular weight is 293 g/mol. The number of rotatable bonds is 1. The zero-order valence-corrected chi connectivity index (χ0v) is 9.55. The molecule has 2 nitrogen and oxygen atoms in total. The standard InChI is InChI=1S/C8H7Br2NO/c1-5-6(4-11-12)8(10)3-2-7(5)9/h2-4,12H,1H3. The minimum absolute atomic E-state index is 0.881. The Morgan fingerprint density at radius 2 is 1.92 bits per heavy atom. The van der Waals surface area contributed by atoms with Crippen molar-refractivity contribution in [2.75, 3.05) is 0 Å². The van der Waals surface area contributed by atoms with Gasteiger partial charge in [-0.3, -0.25) is 0 Å². The molecule has 12 heavy (non-hydrogen) atoms. The first-order valence-electron chi connectivity index (χ1n) is 3.29. The quantitative estimate of drug-likeness (QED) is 0.481. The van der Waals surface area contributed by atoms with E-state index in [9.17, 15) is 0 Å². The minimum Gasteiger partial charge on any atom is -0.411 e. The summed E-state index contributed by atoms with van der Waals surface area (Å²) < 4.78 is 1.92. The Bertz CT molecular complexity index is 323. The van der Waals surface area contributed by atoms with Crippen LogP contribution in [0.3, 0.4) is 0 Å². The summed E-state index contributed by atoms with van der Waals surface area (Å²) in [5.41, 5.74) is 1.93. The zero-order valence-electron chi connectivity index (χ0n) is 6.38. The first-order valence-corrected chi connectivity index (χ1v) is 4.87. The molecule has 0 fully saturated rings. The number of hydrogen-bond acceptors (Lipinski definition) is 2. The third kappa shape index (κ3) is 1.87. The summed E-state index contributed by atoms with van der Waals surface area (Å²) in [6, 6.07) is 3.84. The molecule has 0 bridgehead atoms. The van der Waals surface area contributed by atoms with Crippen LogP contribution in [-0.4, -0.2) is 11.4 Å². The molecule has 1 N–H and O–H groups in total. The monoisotopic (exact) mass is 291 g/mol. The van der Waals surface area contributed by atoms with Crippen LogP contribution in [0.1, 0.15) is 11.1 Å². The van der Waals surface area contributed by atoms with E-state index in [0.29, 0.717) is 0 Å². The topological polar surface area (TPSA) is 32.6 Å². The number of nitrogens with zero attached hydrogens (tertiary/aromatic N) is 1. The van der Waals surface area contributed by atoms with Crippen molar-refractivity contribution in [1.29, 1.82) is 0 Å². The Kier molecular flexibility index (Phi) is 3.29. The maximum atomic E-state index is 8.39. The molecule has 0 spiro atoms. The van der Waals surface area contributed by atoms with E-state index in [2.05, 4.69) is 37.0 Å². The van der Waals surface area contributed by atoms with Crippen LogP contribution in [0.25, 0.3) is 0 Å². The van der Waals surface area contributed by atoms with Gasteiger partial charge >= 0.3 is 0 Å². The summed E-state index contributed by atoms with van der Waals surface area (Å²) in [6.45, 7) is 1.95. The van der Waals surface area contributed by atoms with Crippen molar-refractivity contribution in [3.05, 3.63) is 32.2 Å². The van der Waals surface area contributed by atoms with E-state index < -0.39 is 0 Å². The molecular weight excluding hydrogens is 286 g/mol. The second-order valence-electron chi connectivity index (χ2n) is 2.31. The Morgan fingerprint density at radius 3 is 2.50 bits per heavy atom. The first-order chi connectivity index (χ1) is 5.66. The Labute approximate surface area is 87.5 Å². The summed E-state index contributed by atoms with van der Waals surface area (Å²) in [4.78, 5) is 0. The van der Waals surface area contributed by atoms with Crippen LogP contribution in [0, 0.1) is 6.92 Å². The fraction of sp³-hybridized carbons (Fsp3) is 0.125. The van der Waals surface area contributed by atoms with Crippen LogP contribution in [-0.2, 0) is 0 Å². The molecular formula is C8H7Br2NO. The molecule has 0 saturated heterocycles. The van der Waals surface area contributed by atoms with E-state index in [-0.39, 0.29) is 0 Å². The maximum absolute atomic E-state index is 8.39. The molecule has 0 unspecified atom stereocenters. The molecule has 1 aromatic rings. The number of halogens is 2. The number of oxime groups is 1. The van der Waals surface area contributed by atoms with Crippen LogP contribution in [0.5, 0.6) is 0 Å². The molecule has 0 heterocycles. The summed E-state index contributed by atoms with van der Waals surface area (Å²) in [6.07, 6.45) is 1.41. The minimum atomic E-state index is 0.881. The van der Waals surface area contributed by atoms with Crippen LogP contribution in [0.15, 0.2) is 26.2 Å². The van der Waals surface area contributed by atoms with Gasteiger partial charge in [-0.2, -0.15) is 0 Å². The van der Waals surface area contributed by atoms with Crippen LogP contribution in [0.2, 0.25) is 0 Å². The van der Waals surface area contributed by atoms with E-state index in [0.717, 1.165) is 20.1 Å². The van der Waals surface area contributed by atoms with Gasteiger partial charge in [-0.15, -0.1) is 0 Å². The van der Waals surface area contributed by atoms with Crippen molar-refractivity contribution in [3.8, 4) is 0 Å². The molecule has 1 aromatic carbocycles. The smallest absolute Gasteiger partial charge is 0.0748 e. The zero-order chi connectivity index (χ0) is 9.14. The van der Waals surface area contributed by atoms with Gasteiger partial charge in [0.2, 0.25) is 0 Å². The van der Waals surface area contributed by atoms with Gasteiger partial charge in [0.05, 0.1) is 6.21 Å². The molecule has 0 aromatic heterocycles. The predicted octanol–water partition coefficient (Wildman–Crippen LogP) is 3.33. The largest absolute Gasteiger partial charge is 0.411 e. The van der Waals surface area contributed by atoms with Crippen LogP contribution in [0.4, 0.5) is 0 Å². The Hall–Kier alpha value is -0.350.